The van der Waals surface area contributed by atoms with Gasteiger partial charge in [0.05, 0.1) is 0 Å². The van der Waals surface area contributed by atoms with Gasteiger partial charge in [0.25, 0.3) is 0 Å². The highest BCUT2D eigenvalue weighted by Gasteiger charge is 2.48. The molecule has 2 saturated heterocycles. The van der Waals surface area contributed by atoms with E-state index in [1.54, 1.807) is 16.7 Å². The van der Waals surface area contributed by atoms with Crippen molar-refractivity contribution in [1.82, 2.24) is 15.3 Å². The molecule has 6 heteroatoms. The summed E-state index contributed by atoms with van der Waals surface area (Å²) < 4.78 is 0. The molecule has 2 aliphatic heterocycles. The van der Waals surface area contributed by atoms with Crippen LogP contribution in [0.15, 0.2) is 0 Å². The lowest BCUT2D eigenvalue weighted by molar-refractivity contribution is -0.116. The van der Waals surface area contributed by atoms with Gasteiger partial charge < -0.3 is 0 Å². The van der Waals surface area contributed by atoms with E-state index in [4.69, 9.17) is 0 Å². The first-order valence-corrected chi connectivity index (χ1v) is 4.31. The minimum atomic E-state index is -0.105. The van der Waals surface area contributed by atoms with Gasteiger partial charge in [-0.15, -0.1) is 11.8 Å². The van der Waals surface area contributed by atoms with Crippen molar-refractivity contribution in [1.29, 1.82) is 0 Å². The second-order valence-electron chi connectivity index (χ2n) is 2.29. The lowest BCUT2D eigenvalue weighted by Crippen LogP contribution is -2.68. The number of amides is 3. The Labute approximate surface area is 67.7 Å². The van der Waals surface area contributed by atoms with Gasteiger partial charge in [-0.1, -0.05) is 0 Å². The summed E-state index contributed by atoms with van der Waals surface area (Å²) in [5.74, 6) is 0.952. The van der Waals surface area contributed by atoms with Crippen molar-refractivity contribution in [3.05, 3.63) is 0 Å². The number of nitrogens with zero attached hydrogens (tertiary/aromatic N) is 2. The third kappa shape index (κ3) is 0.787. The van der Waals surface area contributed by atoms with Crippen LogP contribution in [0.5, 0.6) is 0 Å². The number of hydrogen-bond donors (Lipinski definition) is 1. The number of carbonyl (C=O) groups excluding carboxylic acids is 2. The highest BCUT2D eigenvalue weighted by molar-refractivity contribution is 8.00. The summed E-state index contributed by atoms with van der Waals surface area (Å²) in [7, 11) is 0. The maximum absolute atomic E-state index is 11.1. The lowest BCUT2D eigenvalue weighted by Gasteiger charge is -2.43. The molecule has 0 aliphatic carbocycles. The van der Waals surface area contributed by atoms with Crippen LogP contribution in [-0.2, 0) is 4.79 Å². The SMILES string of the molecule is O=CNN1C(=O)N2CCS[C@H]21. The Kier molecular flexibility index (Phi) is 1.42. The Hall–Kier alpha value is -0.910. The molecule has 2 fully saturated rings. The fraction of sp³-hybridized carbons (Fsp3) is 0.600. The number of hydrazine groups is 1. The van der Waals surface area contributed by atoms with Crippen molar-refractivity contribution in [2.24, 2.45) is 0 Å². The van der Waals surface area contributed by atoms with Crippen LogP contribution < -0.4 is 5.43 Å². The second kappa shape index (κ2) is 2.30. The van der Waals surface area contributed by atoms with Gasteiger partial charge in [0.1, 0.15) is 0 Å². The van der Waals surface area contributed by atoms with Gasteiger partial charge in [-0.2, -0.15) is 0 Å². The molecule has 1 N–H and O–H groups in total. The molecular formula is C5H7N3O2S. The van der Waals surface area contributed by atoms with E-state index in [9.17, 15) is 9.59 Å². The van der Waals surface area contributed by atoms with Crippen molar-refractivity contribution in [2.45, 2.75) is 5.50 Å². The summed E-state index contributed by atoms with van der Waals surface area (Å²) in [6.45, 7) is 0.797. The van der Waals surface area contributed by atoms with E-state index in [-0.39, 0.29) is 11.5 Å². The molecule has 1 atom stereocenters. The van der Waals surface area contributed by atoms with Crippen molar-refractivity contribution < 1.29 is 9.59 Å². The van der Waals surface area contributed by atoms with Crippen LogP contribution >= 0.6 is 11.8 Å². The predicted molar refractivity (Wildman–Crippen MR) is 39.4 cm³/mol. The van der Waals surface area contributed by atoms with Crippen LogP contribution in [0.3, 0.4) is 0 Å². The van der Waals surface area contributed by atoms with Gasteiger partial charge in [-0.3, -0.25) is 15.1 Å². The standard InChI is InChI=1S/C5H7N3O2S/c9-3-6-8-4(10)7-1-2-11-5(7)8/h3,5H,1-2H2,(H,6,9)/t5-/m1/s1. The summed E-state index contributed by atoms with van der Waals surface area (Å²) in [4.78, 5) is 22.8. The van der Waals surface area contributed by atoms with Gasteiger partial charge in [0.15, 0.2) is 5.50 Å². The molecule has 0 saturated carbocycles. The fourth-order valence-corrected chi connectivity index (χ4v) is 2.40. The Bertz CT molecular complexity index is 210. The molecule has 11 heavy (non-hydrogen) atoms. The largest absolute Gasteiger partial charge is 0.343 e. The minimum Gasteiger partial charge on any atom is -0.291 e. The van der Waals surface area contributed by atoms with Gasteiger partial charge in [0, 0.05) is 12.3 Å². The predicted octanol–water partition coefficient (Wildman–Crippen LogP) is -0.585. The minimum absolute atomic E-state index is 0.0488. The van der Waals surface area contributed by atoms with Crippen LogP contribution in [0.4, 0.5) is 4.79 Å². The first kappa shape index (κ1) is 6.78. The third-order valence-electron chi connectivity index (χ3n) is 1.73. The third-order valence-corrected chi connectivity index (χ3v) is 2.91. The number of nitrogens with one attached hydrogen (secondary N) is 1. The number of carbonyl (C=O) groups is 2. The Morgan fingerprint density at radius 3 is 3.27 bits per heavy atom. The van der Waals surface area contributed by atoms with Crippen LogP contribution in [0.1, 0.15) is 0 Å². The second-order valence-corrected chi connectivity index (χ2v) is 3.45. The molecule has 2 heterocycles. The van der Waals surface area contributed by atoms with Gasteiger partial charge in [-0.25, -0.2) is 9.80 Å². The molecule has 2 aliphatic rings. The molecule has 0 aromatic carbocycles. The summed E-state index contributed by atoms with van der Waals surface area (Å²) >= 11 is 1.65. The molecule has 5 nitrogen and oxygen atoms in total. The molecule has 0 spiro atoms. The van der Waals surface area contributed by atoms with E-state index in [0.717, 1.165) is 12.3 Å². The summed E-state index contributed by atoms with van der Waals surface area (Å²) in [6, 6.07) is -0.105. The Morgan fingerprint density at radius 2 is 2.55 bits per heavy atom. The van der Waals surface area contributed by atoms with E-state index < -0.39 is 0 Å². The highest BCUT2D eigenvalue weighted by Crippen LogP contribution is 2.34. The van der Waals surface area contributed by atoms with Gasteiger partial charge in [-0.05, 0) is 0 Å². The molecule has 3 amide bonds. The molecule has 0 aromatic heterocycles. The molecule has 0 aromatic rings. The van der Waals surface area contributed by atoms with Crippen LogP contribution in [-0.4, -0.2) is 40.1 Å². The maximum Gasteiger partial charge on any atom is 0.343 e. The summed E-state index contributed by atoms with van der Waals surface area (Å²) in [5.41, 5.74) is 2.39. The molecule has 0 bridgehead atoms. The van der Waals surface area contributed by atoms with Crippen molar-refractivity contribution in [2.75, 3.05) is 12.3 Å². The van der Waals surface area contributed by atoms with E-state index >= 15 is 0 Å². The number of urea groups is 1. The monoisotopic (exact) mass is 173 g/mol. The number of rotatable bonds is 2. The first-order valence-electron chi connectivity index (χ1n) is 3.26. The fourth-order valence-electron chi connectivity index (χ4n) is 1.21. The molecule has 60 valence electrons. The number of fused-ring (bicyclic) bond motifs is 1. The van der Waals surface area contributed by atoms with E-state index in [2.05, 4.69) is 5.43 Å². The highest BCUT2D eigenvalue weighted by atomic mass is 32.2. The smallest absolute Gasteiger partial charge is 0.291 e. The topological polar surface area (TPSA) is 52.7 Å². The van der Waals surface area contributed by atoms with E-state index in [1.807, 2.05) is 0 Å². The normalized spacial score (nSPS) is 28.0. The average molecular weight is 173 g/mol. The van der Waals surface area contributed by atoms with Crippen LogP contribution in [0.2, 0.25) is 0 Å². The molecule has 0 unspecified atom stereocenters. The zero-order valence-electron chi connectivity index (χ0n) is 5.69. The van der Waals surface area contributed by atoms with Crippen LogP contribution in [0.25, 0.3) is 0 Å². The zero-order valence-corrected chi connectivity index (χ0v) is 6.50. The zero-order chi connectivity index (χ0) is 7.84. The van der Waals surface area contributed by atoms with E-state index in [1.165, 1.54) is 5.01 Å². The summed E-state index contributed by atoms with van der Waals surface area (Å²) in [6.07, 6.45) is 0.522. The van der Waals surface area contributed by atoms with Gasteiger partial charge >= 0.3 is 6.03 Å². The quantitative estimate of drug-likeness (QED) is 0.568. The lowest BCUT2D eigenvalue weighted by atomic mass is 10.5. The maximum atomic E-state index is 11.1. The molecule has 0 radical (unpaired) electrons. The first-order chi connectivity index (χ1) is 5.34. The summed E-state index contributed by atoms with van der Waals surface area (Å²) in [5, 5.41) is 1.34. The molecule has 2 rings (SSSR count). The number of thioether (sulfide) groups is 1. The van der Waals surface area contributed by atoms with Crippen molar-refractivity contribution in [3.8, 4) is 0 Å². The Morgan fingerprint density at radius 1 is 1.73 bits per heavy atom. The molecular weight excluding hydrogens is 166 g/mol. The van der Waals surface area contributed by atoms with Crippen LogP contribution in [0, 0.1) is 0 Å². The van der Waals surface area contributed by atoms with Crippen molar-refractivity contribution >= 4 is 24.2 Å². The number of hydrogen-bond acceptors (Lipinski definition) is 3. The average Bonchev–Trinajstić information content (AvgIpc) is 2.44. The Balaban J connectivity index is 2.03. The van der Waals surface area contributed by atoms with E-state index in [0.29, 0.717) is 6.41 Å². The van der Waals surface area contributed by atoms with Gasteiger partial charge in [0.2, 0.25) is 6.41 Å². The van der Waals surface area contributed by atoms with Crippen molar-refractivity contribution in [3.63, 3.8) is 0 Å².